The molecular formula is C25H24F2O3. The molecule has 1 heterocycles. The van der Waals surface area contributed by atoms with Crippen LogP contribution in [0.2, 0.25) is 0 Å². The van der Waals surface area contributed by atoms with Crippen molar-refractivity contribution in [1.29, 1.82) is 0 Å². The van der Waals surface area contributed by atoms with E-state index in [1.165, 1.54) is 0 Å². The molecule has 2 atom stereocenters. The van der Waals surface area contributed by atoms with E-state index in [1.54, 1.807) is 0 Å². The molecule has 0 spiro atoms. The number of alkyl halides is 2. The highest BCUT2D eigenvalue weighted by Crippen LogP contribution is 2.41. The summed E-state index contributed by atoms with van der Waals surface area (Å²) in [5.41, 5.74) is 1.75. The van der Waals surface area contributed by atoms with Crippen molar-refractivity contribution in [3.05, 3.63) is 108 Å². The normalized spacial score (nSPS) is 20.9. The quantitative estimate of drug-likeness (QED) is 0.570. The smallest absolute Gasteiger partial charge is 0.301 e. The van der Waals surface area contributed by atoms with Crippen molar-refractivity contribution in [2.75, 3.05) is 13.2 Å². The molecule has 0 radical (unpaired) electrons. The molecule has 1 fully saturated rings. The van der Waals surface area contributed by atoms with E-state index in [9.17, 15) is 13.9 Å². The molecular weight excluding hydrogens is 386 g/mol. The third-order valence-electron chi connectivity index (χ3n) is 5.57. The zero-order valence-electron chi connectivity index (χ0n) is 16.5. The zero-order chi connectivity index (χ0) is 21.0. The fourth-order valence-electron chi connectivity index (χ4n) is 4.01. The van der Waals surface area contributed by atoms with Gasteiger partial charge in [0.25, 0.3) is 0 Å². The monoisotopic (exact) mass is 410 g/mol. The van der Waals surface area contributed by atoms with Crippen LogP contribution in [0.1, 0.15) is 23.1 Å². The minimum absolute atomic E-state index is 0.0295. The van der Waals surface area contributed by atoms with Gasteiger partial charge in [-0.05, 0) is 16.7 Å². The van der Waals surface area contributed by atoms with Crippen LogP contribution in [-0.2, 0) is 15.1 Å². The van der Waals surface area contributed by atoms with Crippen LogP contribution in [0.3, 0.4) is 0 Å². The van der Waals surface area contributed by atoms with Crippen molar-refractivity contribution in [3.8, 4) is 0 Å². The topological polar surface area (TPSA) is 38.7 Å². The van der Waals surface area contributed by atoms with Crippen molar-refractivity contribution in [2.24, 2.45) is 0 Å². The molecule has 3 nitrogen and oxygen atoms in total. The highest BCUT2D eigenvalue weighted by atomic mass is 19.3. The maximum absolute atomic E-state index is 14.2. The Morgan fingerprint density at radius 2 is 1.27 bits per heavy atom. The number of hydrogen-bond acceptors (Lipinski definition) is 3. The maximum Gasteiger partial charge on any atom is 0.301 e. The van der Waals surface area contributed by atoms with E-state index in [2.05, 4.69) is 0 Å². The summed E-state index contributed by atoms with van der Waals surface area (Å²) >= 11 is 0. The molecule has 1 aliphatic heterocycles. The lowest BCUT2D eigenvalue weighted by Gasteiger charge is -2.36. The molecule has 1 N–H and O–H groups in total. The first-order valence-corrected chi connectivity index (χ1v) is 10.0. The van der Waals surface area contributed by atoms with Crippen LogP contribution < -0.4 is 0 Å². The van der Waals surface area contributed by atoms with Crippen LogP contribution in [0, 0.1) is 0 Å². The third kappa shape index (κ3) is 3.76. The summed E-state index contributed by atoms with van der Waals surface area (Å²) in [4.78, 5) is 0. The van der Waals surface area contributed by atoms with Crippen molar-refractivity contribution >= 4 is 0 Å². The molecule has 0 saturated carbocycles. The molecule has 30 heavy (non-hydrogen) atoms. The molecule has 0 aromatic heterocycles. The molecule has 1 saturated heterocycles. The van der Waals surface area contributed by atoms with Crippen LogP contribution in [0.5, 0.6) is 0 Å². The minimum atomic E-state index is -3.28. The van der Waals surface area contributed by atoms with Gasteiger partial charge in [-0.15, -0.1) is 0 Å². The summed E-state index contributed by atoms with van der Waals surface area (Å²) in [6.45, 7) is -0.329. The fourth-order valence-corrected chi connectivity index (χ4v) is 4.01. The van der Waals surface area contributed by atoms with Gasteiger partial charge in [0, 0.05) is 6.42 Å². The third-order valence-corrected chi connectivity index (χ3v) is 5.57. The number of aliphatic hydroxyl groups excluding tert-OH is 1. The largest absolute Gasteiger partial charge is 0.384 e. The van der Waals surface area contributed by atoms with Gasteiger partial charge < -0.3 is 14.6 Å². The average molecular weight is 410 g/mol. The lowest BCUT2D eigenvalue weighted by Crippen LogP contribution is -2.40. The Bertz CT molecular complexity index is 836. The molecule has 0 aliphatic carbocycles. The number of hydrogen-bond donors (Lipinski definition) is 1. The lowest BCUT2D eigenvalue weighted by molar-refractivity contribution is -0.121. The summed E-state index contributed by atoms with van der Waals surface area (Å²) < 4.78 is 39.9. The van der Waals surface area contributed by atoms with E-state index in [1.807, 2.05) is 91.0 Å². The Morgan fingerprint density at radius 1 is 0.833 bits per heavy atom. The Labute approximate surface area is 174 Å². The second-order valence-electron chi connectivity index (χ2n) is 7.43. The van der Waals surface area contributed by atoms with Crippen LogP contribution in [0.15, 0.2) is 91.0 Å². The summed E-state index contributed by atoms with van der Waals surface area (Å²) in [6, 6.07) is 29.3. The molecule has 3 aromatic rings. The van der Waals surface area contributed by atoms with Crippen LogP contribution in [0.25, 0.3) is 0 Å². The Balaban J connectivity index is 1.72. The summed E-state index contributed by atoms with van der Waals surface area (Å²) in [5, 5.41) is 9.50. The van der Waals surface area contributed by atoms with Crippen molar-refractivity contribution in [2.45, 2.75) is 30.2 Å². The van der Waals surface area contributed by atoms with Gasteiger partial charge in [0.15, 0.2) is 0 Å². The second kappa shape index (κ2) is 8.64. The van der Waals surface area contributed by atoms with Gasteiger partial charge in [0.05, 0.1) is 13.2 Å². The van der Waals surface area contributed by atoms with Gasteiger partial charge in [-0.3, -0.25) is 0 Å². The number of halogens is 2. The number of ether oxygens (including phenoxy) is 2. The first-order valence-electron chi connectivity index (χ1n) is 10.0. The maximum atomic E-state index is 14.2. The van der Waals surface area contributed by atoms with E-state index < -0.39 is 23.7 Å². The number of benzene rings is 3. The molecule has 5 heteroatoms. The van der Waals surface area contributed by atoms with E-state index in [4.69, 9.17) is 9.47 Å². The minimum Gasteiger partial charge on any atom is -0.384 e. The summed E-state index contributed by atoms with van der Waals surface area (Å²) in [7, 11) is 0. The highest BCUT2D eigenvalue weighted by molar-refractivity contribution is 5.47. The predicted molar refractivity (Wildman–Crippen MR) is 110 cm³/mol. The Hall–Kier alpha value is -2.60. The van der Waals surface area contributed by atoms with Gasteiger partial charge in [-0.2, -0.15) is 0 Å². The van der Waals surface area contributed by atoms with Crippen LogP contribution in [0.4, 0.5) is 8.78 Å². The van der Waals surface area contributed by atoms with Gasteiger partial charge in [0.1, 0.15) is 17.8 Å². The van der Waals surface area contributed by atoms with Crippen molar-refractivity contribution in [1.82, 2.24) is 0 Å². The zero-order valence-corrected chi connectivity index (χ0v) is 16.5. The molecule has 0 amide bonds. The van der Waals surface area contributed by atoms with Gasteiger partial charge >= 0.3 is 5.92 Å². The summed E-state index contributed by atoms with van der Waals surface area (Å²) in [6.07, 6.45) is -3.17. The van der Waals surface area contributed by atoms with E-state index in [0.29, 0.717) is 0 Å². The van der Waals surface area contributed by atoms with Gasteiger partial charge in [-0.25, -0.2) is 8.78 Å². The Morgan fingerprint density at radius 3 is 1.63 bits per heavy atom. The first kappa shape index (κ1) is 20.7. The molecule has 3 aromatic carbocycles. The molecule has 0 unspecified atom stereocenters. The van der Waals surface area contributed by atoms with E-state index in [-0.39, 0.29) is 19.6 Å². The van der Waals surface area contributed by atoms with E-state index in [0.717, 1.165) is 16.7 Å². The van der Waals surface area contributed by atoms with Gasteiger partial charge in [0.2, 0.25) is 0 Å². The Kier molecular flexibility index (Phi) is 5.95. The van der Waals surface area contributed by atoms with Gasteiger partial charge in [-0.1, -0.05) is 91.0 Å². The fraction of sp³-hybridized carbons (Fsp3) is 0.280. The van der Waals surface area contributed by atoms with Crippen LogP contribution >= 0.6 is 0 Å². The SMILES string of the molecule is O[C@@H]1CO[C@H](CCOC(c2ccccc2)(c2ccccc2)c2ccccc2)C1(F)F. The number of rotatable bonds is 7. The van der Waals surface area contributed by atoms with E-state index >= 15 is 0 Å². The number of aliphatic hydroxyl groups is 1. The van der Waals surface area contributed by atoms with Crippen molar-refractivity contribution < 1.29 is 23.4 Å². The molecule has 0 bridgehead atoms. The molecule has 4 rings (SSSR count). The lowest BCUT2D eigenvalue weighted by atomic mass is 9.80. The first-order chi connectivity index (χ1) is 14.5. The average Bonchev–Trinajstić information content (AvgIpc) is 3.05. The highest BCUT2D eigenvalue weighted by Gasteiger charge is 2.53. The van der Waals surface area contributed by atoms with Crippen LogP contribution in [-0.4, -0.2) is 36.5 Å². The standard InChI is InChI=1S/C25H24F2O3/c26-25(27)22(28)18-29-23(25)16-17-30-24(19-10-4-1-5-11-19,20-12-6-2-7-13-20)21-14-8-3-9-15-21/h1-15,22-23,28H,16-18H2/t22-,23-/m1/s1. The molecule has 156 valence electrons. The second-order valence-corrected chi connectivity index (χ2v) is 7.43. The van der Waals surface area contributed by atoms with Crippen molar-refractivity contribution in [3.63, 3.8) is 0 Å². The summed E-state index contributed by atoms with van der Waals surface area (Å²) in [5.74, 6) is -3.28. The predicted octanol–water partition coefficient (Wildman–Crippen LogP) is 4.78. The molecule has 1 aliphatic rings.